The molecule has 3 saturated heterocycles. The number of hydrogen-bond donors (Lipinski definition) is 2. The fourth-order valence-corrected chi connectivity index (χ4v) is 4.28. The number of ether oxygens (including phenoxy) is 1. The molecule has 116 valence electrons. The first kappa shape index (κ1) is 14.0. The lowest BCUT2D eigenvalue weighted by molar-refractivity contribution is -0.946. The summed E-state index contributed by atoms with van der Waals surface area (Å²) in [6.45, 7) is 2.41. The van der Waals surface area contributed by atoms with Crippen LogP contribution in [0, 0.1) is 5.92 Å². The maximum absolute atomic E-state index is 11.0. The number of quaternary nitrogens is 1. The van der Waals surface area contributed by atoms with Gasteiger partial charge in [0.2, 0.25) is 0 Å². The second-order valence-electron chi connectivity index (χ2n) is 6.67. The molecule has 0 aliphatic carbocycles. The summed E-state index contributed by atoms with van der Waals surface area (Å²) < 4.78 is 5.34. The molecule has 4 heteroatoms. The molecule has 5 rings (SSSR count). The van der Waals surface area contributed by atoms with Crippen LogP contribution in [-0.4, -0.2) is 36.3 Å². The molecule has 0 radical (unpaired) electrons. The quantitative estimate of drug-likeness (QED) is 0.899. The van der Waals surface area contributed by atoms with Crippen LogP contribution in [0.5, 0.6) is 5.75 Å². The van der Waals surface area contributed by atoms with E-state index in [-0.39, 0.29) is 0 Å². The minimum Gasteiger partial charge on any atom is -0.497 e. The zero-order valence-corrected chi connectivity index (χ0v) is 13.0. The fourth-order valence-electron chi connectivity index (χ4n) is 4.28. The highest BCUT2D eigenvalue weighted by molar-refractivity contribution is 5.83. The van der Waals surface area contributed by atoms with Gasteiger partial charge >= 0.3 is 0 Å². The molecule has 1 unspecified atom stereocenters. The molecule has 4 heterocycles. The summed E-state index contributed by atoms with van der Waals surface area (Å²) >= 11 is 0. The van der Waals surface area contributed by atoms with Gasteiger partial charge in [0.05, 0.1) is 25.7 Å². The number of benzene rings is 1. The Balaban J connectivity index is 1.73. The van der Waals surface area contributed by atoms with Gasteiger partial charge in [-0.3, -0.25) is 4.98 Å². The maximum Gasteiger partial charge on any atom is 0.131 e. The molecule has 4 nitrogen and oxygen atoms in total. The summed E-state index contributed by atoms with van der Waals surface area (Å²) in [4.78, 5) is 5.99. The fraction of sp³-hybridized carbons (Fsp3) is 0.500. The van der Waals surface area contributed by atoms with Gasteiger partial charge in [-0.1, -0.05) is 0 Å². The SMILES string of the molecule is COc1ccc2nccc([C@H](O)C3CC4CC[NH+]3CC4)c2c1. The van der Waals surface area contributed by atoms with Crippen molar-refractivity contribution in [3.63, 3.8) is 0 Å². The average Bonchev–Trinajstić information content (AvgIpc) is 2.61. The van der Waals surface area contributed by atoms with Gasteiger partial charge in [0.25, 0.3) is 0 Å². The maximum atomic E-state index is 11.0. The summed E-state index contributed by atoms with van der Waals surface area (Å²) in [6.07, 6.45) is 5.17. The highest BCUT2D eigenvalue weighted by atomic mass is 16.5. The summed E-state index contributed by atoms with van der Waals surface area (Å²) in [6, 6.07) is 8.17. The Labute approximate surface area is 130 Å². The first-order valence-electron chi connectivity index (χ1n) is 8.21. The highest BCUT2D eigenvalue weighted by Gasteiger charge is 2.41. The first-order valence-corrected chi connectivity index (χ1v) is 8.21. The zero-order valence-electron chi connectivity index (χ0n) is 13.0. The van der Waals surface area contributed by atoms with Crippen LogP contribution in [0.15, 0.2) is 30.5 Å². The molecule has 3 aliphatic rings. The number of aliphatic hydroxyl groups is 1. The summed E-state index contributed by atoms with van der Waals surface area (Å²) in [7, 11) is 1.67. The Morgan fingerprint density at radius 1 is 1.27 bits per heavy atom. The molecule has 1 aromatic carbocycles. The third-order valence-electron chi connectivity index (χ3n) is 5.54. The van der Waals surface area contributed by atoms with E-state index in [0.29, 0.717) is 6.04 Å². The Kier molecular flexibility index (Phi) is 3.51. The van der Waals surface area contributed by atoms with Crippen LogP contribution in [0.2, 0.25) is 0 Å². The first-order chi connectivity index (χ1) is 10.8. The number of rotatable bonds is 3. The number of piperidine rings is 3. The van der Waals surface area contributed by atoms with Gasteiger partial charge in [-0.05, 0) is 48.6 Å². The predicted molar refractivity (Wildman–Crippen MR) is 85.1 cm³/mol. The van der Waals surface area contributed by atoms with E-state index in [9.17, 15) is 5.11 Å². The Hall–Kier alpha value is -1.65. The number of hydrogen-bond acceptors (Lipinski definition) is 3. The molecule has 0 amide bonds. The molecule has 3 fully saturated rings. The molecular weight excluding hydrogens is 276 g/mol. The number of nitrogens with one attached hydrogen (secondary N) is 1. The smallest absolute Gasteiger partial charge is 0.131 e. The van der Waals surface area contributed by atoms with Crippen LogP contribution >= 0.6 is 0 Å². The van der Waals surface area contributed by atoms with Crippen LogP contribution in [-0.2, 0) is 0 Å². The number of fused-ring (bicyclic) bond motifs is 4. The van der Waals surface area contributed by atoms with E-state index in [0.717, 1.165) is 34.6 Å². The summed E-state index contributed by atoms with van der Waals surface area (Å²) in [5.74, 6) is 1.62. The molecule has 1 aromatic heterocycles. The van der Waals surface area contributed by atoms with Gasteiger partial charge in [0.1, 0.15) is 17.9 Å². The van der Waals surface area contributed by atoms with Crippen LogP contribution < -0.4 is 9.64 Å². The Bertz CT molecular complexity index is 680. The Morgan fingerprint density at radius 2 is 2.09 bits per heavy atom. The van der Waals surface area contributed by atoms with Gasteiger partial charge < -0.3 is 14.7 Å². The van der Waals surface area contributed by atoms with Gasteiger partial charge in [0, 0.05) is 18.0 Å². The lowest BCUT2D eigenvalue weighted by Crippen LogP contribution is -3.19. The van der Waals surface area contributed by atoms with Crippen molar-refractivity contribution in [1.29, 1.82) is 0 Å². The van der Waals surface area contributed by atoms with Crippen LogP contribution in [0.3, 0.4) is 0 Å². The standard InChI is InChI=1S/C18H22N2O2/c1-22-13-2-3-16-15(11-13)14(4-7-19-16)18(21)17-10-12-5-8-20(17)9-6-12/h2-4,7,11-12,17-18,21H,5-6,8-10H2,1H3/p+1/t17?,18-/m0/s1. The second kappa shape index (κ2) is 5.52. The third kappa shape index (κ3) is 2.27. The van der Waals surface area contributed by atoms with Crippen molar-refractivity contribution < 1.29 is 14.7 Å². The summed E-state index contributed by atoms with van der Waals surface area (Å²) in [5.41, 5.74) is 1.91. The van der Waals surface area contributed by atoms with E-state index in [1.54, 1.807) is 18.2 Å². The number of methoxy groups -OCH3 is 1. The average molecular weight is 299 g/mol. The van der Waals surface area contributed by atoms with Gasteiger partial charge in [-0.25, -0.2) is 0 Å². The molecule has 2 aromatic rings. The normalized spacial score (nSPS) is 28.7. The summed E-state index contributed by atoms with van der Waals surface area (Å²) in [5, 5.41) is 12.1. The third-order valence-corrected chi connectivity index (χ3v) is 5.54. The van der Waals surface area contributed by atoms with E-state index in [2.05, 4.69) is 4.98 Å². The van der Waals surface area contributed by atoms with Crippen molar-refractivity contribution in [1.82, 2.24) is 4.98 Å². The van der Waals surface area contributed by atoms with Crippen LogP contribution in [0.25, 0.3) is 10.9 Å². The highest BCUT2D eigenvalue weighted by Crippen LogP contribution is 2.32. The van der Waals surface area contributed by atoms with Crippen molar-refractivity contribution in [2.45, 2.75) is 31.4 Å². The number of aliphatic hydroxyl groups excluding tert-OH is 1. The largest absolute Gasteiger partial charge is 0.497 e. The lowest BCUT2D eigenvalue weighted by Gasteiger charge is -2.44. The van der Waals surface area contributed by atoms with Crippen LogP contribution in [0.4, 0.5) is 0 Å². The molecule has 0 spiro atoms. The number of pyridine rings is 1. The van der Waals surface area contributed by atoms with Crippen molar-refractivity contribution in [3.8, 4) is 5.75 Å². The molecule has 2 bridgehead atoms. The number of nitrogens with zero attached hydrogens (tertiary/aromatic N) is 1. The molecule has 3 aliphatic heterocycles. The van der Waals surface area contributed by atoms with Gasteiger partial charge in [0.15, 0.2) is 0 Å². The van der Waals surface area contributed by atoms with E-state index in [1.807, 2.05) is 24.3 Å². The minimum atomic E-state index is -0.421. The van der Waals surface area contributed by atoms with E-state index < -0.39 is 6.10 Å². The van der Waals surface area contributed by atoms with Gasteiger partial charge in [-0.15, -0.1) is 0 Å². The van der Waals surface area contributed by atoms with Crippen molar-refractivity contribution in [2.24, 2.45) is 5.92 Å². The van der Waals surface area contributed by atoms with Crippen LogP contribution in [0.1, 0.15) is 30.9 Å². The zero-order chi connectivity index (χ0) is 15.1. The van der Waals surface area contributed by atoms with Crippen molar-refractivity contribution >= 4 is 10.9 Å². The second-order valence-corrected chi connectivity index (χ2v) is 6.67. The topological polar surface area (TPSA) is 46.8 Å². The molecule has 0 saturated carbocycles. The van der Waals surface area contributed by atoms with Crippen molar-refractivity contribution in [3.05, 3.63) is 36.0 Å². The monoisotopic (exact) mass is 299 g/mol. The molecular formula is C18H23N2O2+. The van der Waals surface area contributed by atoms with E-state index in [4.69, 9.17) is 4.74 Å². The van der Waals surface area contributed by atoms with E-state index in [1.165, 1.54) is 25.9 Å². The lowest BCUT2D eigenvalue weighted by atomic mass is 9.79. The molecule has 22 heavy (non-hydrogen) atoms. The molecule has 2 atom stereocenters. The van der Waals surface area contributed by atoms with Gasteiger partial charge in [-0.2, -0.15) is 0 Å². The van der Waals surface area contributed by atoms with E-state index >= 15 is 0 Å². The minimum absolute atomic E-state index is 0.323. The van der Waals surface area contributed by atoms with Crippen molar-refractivity contribution in [2.75, 3.05) is 20.2 Å². The number of aromatic nitrogens is 1. The molecule has 2 N–H and O–H groups in total. The predicted octanol–water partition coefficient (Wildman–Crippen LogP) is 1.34. The Morgan fingerprint density at radius 3 is 2.77 bits per heavy atom.